The minimum Gasteiger partial charge on any atom is -0.299 e. The second-order valence-electron chi connectivity index (χ2n) is 10.0. The topological polar surface area (TPSA) is 34.1 Å². The molecule has 1 saturated carbocycles. The van der Waals surface area contributed by atoms with Crippen molar-refractivity contribution in [2.75, 3.05) is 0 Å². The third-order valence-corrected chi connectivity index (χ3v) is 7.27. The molecule has 0 aliphatic heterocycles. The van der Waals surface area contributed by atoms with Crippen LogP contribution in [-0.4, -0.2) is 11.6 Å². The molecule has 2 nitrogen and oxygen atoms in total. The van der Waals surface area contributed by atoms with E-state index in [9.17, 15) is 9.59 Å². The average molecular weight is 399 g/mol. The third-order valence-electron chi connectivity index (χ3n) is 7.27. The number of carbonyl (C=O) groups excluding carboxylic acids is 2. The molecule has 1 fully saturated rings. The highest BCUT2D eigenvalue weighted by molar-refractivity contribution is 5.84. The Hall–Kier alpha value is -1.44. The van der Waals surface area contributed by atoms with Crippen LogP contribution in [0.25, 0.3) is 0 Å². The monoisotopic (exact) mass is 398 g/mol. The molecule has 1 aliphatic rings. The zero-order valence-corrected chi connectivity index (χ0v) is 19.3. The highest BCUT2D eigenvalue weighted by Gasteiger charge is 2.46. The fraction of sp³-hybridized carbons (Fsp3) is 0.704. The predicted octanol–water partition coefficient (Wildman–Crippen LogP) is 7.27. The van der Waals surface area contributed by atoms with Gasteiger partial charge in [0.25, 0.3) is 0 Å². The Labute approximate surface area is 178 Å². The van der Waals surface area contributed by atoms with Crippen LogP contribution in [0.2, 0.25) is 0 Å². The first kappa shape index (κ1) is 23.8. The van der Waals surface area contributed by atoms with Crippen molar-refractivity contribution in [3.05, 3.63) is 35.4 Å². The van der Waals surface area contributed by atoms with Gasteiger partial charge < -0.3 is 0 Å². The number of carbonyl (C=O) groups is 2. The lowest BCUT2D eigenvalue weighted by Crippen LogP contribution is -2.20. The fourth-order valence-corrected chi connectivity index (χ4v) is 4.34. The molecule has 0 aromatic heterocycles. The molecule has 0 saturated heterocycles. The van der Waals surface area contributed by atoms with Crippen molar-refractivity contribution < 1.29 is 9.59 Å². The maximum atomic E-state index is 11.7. The minimum atomic E-state index is -0.157. The first-order valence-corrected chi connectivity index (χ1v) is 11.9. The maximum absolute atomic E-state index is 11.7. The van der Waals surface area contributed by atoms with E-state index in [1.54, 1.807) is 13.8 Å². The van der Waals surface area contributed by atoms with Crippen LogP contribution in [0, 0.1) is 10.8 Å². The molecule has 0 heterocycles. The third kappa shape index (κ3) is 7.72. The van der Waals surface area contributed by atoms with Gasteiger partial charge in [-0.2, -0.15) is 0 Å². The van der Waals surface area contributed by atoms with E-state index in [1.807, 2.05) is 0 Å². The summed E-state index contributed by atoms with van der Waals surface area (Å²) >= 11 is 0. The molecule has 0 amide bonds. The summed E-state index contributed by atoms with van der Waals surface area (Å²) in [5.74, 6) is 0.715. The van der Waals surface area contributed by atoms with Crippen LogP contribution in [0.1, 0.15) is 109 Å². The molecule has 0 N–H and O–H groups in total. The second-order valence-corrected chi connectivity index (χ2v) is 10.0. The van der Waals surface area contributed by atoms with Crippen molar-refractivity contribution >= 4 is 11.6 Å². The zero-order valence-electron chi connectivity index (χ0n) is 19.3. The van der Waals surface area contributed by atoms with Gasteiger partial charge in [0.05, 0.1) is 0 Å². The molecule has 1 aromatic carbocycles. The Bertz CT molecular complexity index is 667. The highest BCUT2D eigenvalue weighted by Crippen LogP contribution is 2.50. The molecule has 1 aromatic rings. The standard InChI is InChI=1S/C27H42O2/c1-22(28)26(3,4)18-12-6-5-8-14-24-16-10-11-17-25(24)15-9-7-13-19-27(20-21-27)23(2)29/h10-11,16-17H,5-9,12-15,18-21H2,1-4H3. The summed E-state index contributed by atoms with van der Waals surface area (Å²) in [6.07, 6.45) is 15.2. The van der Waals surface area contributed by atoms with Crippen LogP contribution in [-0.2, 0) is 22.4 Å². The summed E-state index contributed by atoms with van der Waals surface area (Å²) in [6.45, 7) is 7.62. The molecule has 1 aliphatic carbocycles. The molecule has 0 unspecified atom stereocenters. The number of hydrogen-bond acceptors (Lipinski definition) is 2. The van der Waals surface area contributed by atoms with E-state index in [1.165, 1.54) is 56.1 Å². The van der Waals surface area contributed by atoms with Gasteiger partial charge >= 0.3 is 0 Å². The summed E-state index contributed by atoms with van der Waals surface area (Å²) in [5.41, 5.74) is 2.95. The number of rotatable bonds is 15. The number of unbranched alkanes of at least 4 members (excludes halogenated alkanes) is 5. The fourth-order valence-electron chi connectivity index (χ4n) is 4.34. The molecule has 2 rings (SSSR count). The molecule has 0 bridgehead atoms. The van der Waals surface area contributed by atoms with Crippen molar-refractivity contribution in [2.24, 2.45) is 10.8 Å². The van der Waals surface area contributed by atoms with Gasteiger partial charge in [0.15, 0.2) is 0 Å². The van der Waals surface area contributed by atoms with Gasteiger partial charge in [-0.15, -0.1) is 0 Å². The van der Waals surface area contributed by atoms with E-state index in [0.717, 1.165) is 38.5 Å². The number of ketones is 2. The van der Waals surface area contributed by atoms with Gasteiger partial charge in [0, 0.05) is 10.8 Å². The Morgan fingerprint density at radius 3 is 1.83 bits per heavy atom. The van der Waals surface area contributed by atoms with E-state index >= 15 is 0 Å². The molecular weight excluding hydrogens is 356 g/mol. The normalized spacial score (nSPS) is 15.3. The second kappa shape index (κ2) is 11.1. The van der Waals surface area contributed by atoms with Gasteiger partial charge in [-0.1, -0.05) is 70.2 Å². The van der Waals surface area contributed by atoms with Crippen molar-refractivity contribution in [1.29, 1.82) is 0 Å². The average Bonchev–Trinajstić information content (AvgIpc) is 3.46. The van der Waals surface area contributed by atoms with Crippen molar-refractivity contribution in [2.45, 2.75) is 111 Å². The van der Waals surface area contributed by atoms with Crippen LogP contribution < -0.4 is 0 Å². The van der Waals surface area contributed by atoms with E-state index in [2.05, 4.69) is 38.1 Å². The molecule has 0 radical (unpaired) electrons. The number of aryl methyl sites for hydroxylation is 2. The lowest BCUT2D eigenvalue weighted by molar-refractivity contribution is -0.125. The van der Waals surface area contributed by atoms with Crippen LogP contribution >= 0.6 is 0 Å². The Morgan fingerprint density at radius 1 is 0.828 bits per heavy atom. The van der Waals surface area contributed by atoms with Crippen LogP contribution in [0.15, 0.2) is 24.3 Å². The van der Waals surface area contributed by atoms with Gasteiger partial charge in [-0.05, 0) is 76.3 Å². The molecular formula is C27H42O2. The van der Waals surface area contributed by atoms with Gasteiger partial charge in [-0.3, -0.25) is 9.59 Å². The summed E-state index contributed by atoms with van der Waals surface area (Å²) in [5, 5.41) is 0. The van der Waals surface area contributed by atoms with Crippen molar-refractivity contribution in [1.82, 2.24) is 0 Å². The number of Topliss-reactive ketones (excluding diaryl/α,β-unsaturated/α-hetero) is 2. The lowest BCUT2D eigenvalue weighted by atomic mass is 9.83. The number of benzene rings is 1. The molecule has 2 heteroatoms. The van der Waals surface area contributed by atoms with E-state index < -0.39 is 0 Å². The number of hydrogen-bond donors (Lipinski definition) is 0. The summed E-state index contributed by atoms with van der Waals surface area (Å²) in [7, 11) is 0. The van der Waals surface area contributed by atoms with Crippen LogP contribution in [0.4, 0.5) is 0 Å². The quantitative estimate of drug-likeness (QED) is 0.291. The summed E-state index contributed by atoms with van der Waals surface area (Å²) in [4.78, 5) is 23.3. The zero-order chi connectivity index (χ0) is 21.3. The summed E-state index contributed by atoms with van der Waals surface area (Å²) in [6, 6.07) is 8.92. The first-order valence-electron chi connectivity index (χ1n) is 11.9. The van der Waals surface area contributed by atoms with Crippen LogP contribution in [0.3, 0.4) is 0 Å². The van der Waals surface area contributed by atoms with Gasteiger partial charge in [-0.25, -0.2) is 0 Å². The SMILES string of the molecule is CC(=O)C(C)(C)CCCCCCc1ccccc1CCCCCC1(C(C)=O)CC1. The van der Waals surface area contributed by atoms with E-state index in [-0.39, 0.29) is 10.8 Å². The largest absolute Gasteiger partial charge is 0.299 e. The van der Waals surface area contributed by atoms with Gasteiger partial charge in [0.2, 0.25) is 0 Å². The van der Waals surface area contributed by atoms with E-state index in [0.29, 0.717) is 11.6 Å². The van der Waals surface area contributed by atoms with Crippen molar-refractivity contribution in [3.8, 4) is 0 Å². The van der Waals surface area contributed by atoms with E-state index in [4.69, 9.17) is 0 Å². The lowest BCUT2D eigenvalue weighted by Gasteiger charge is -2.20. The summed E-state index contributed by atoms with van der Waals surface area (Å²) < 4.78 is 0. The van der Waals surface area contributed by atoms with Gasteiger partial charge in [0.1, 0.15) is 11.6 Å². The predicted molar refractivity (Wildman–Crippen MR) is 122 cm³/mol. The van der Waals surface area contributed by atoms with Crippen molar-refractivity contribution in [3.63, 3.8) is 0 Å². The maximum Gasteiger partial charge on any atom is 0.135 e. The molecule has 29 heavy (non-hydrogen) atoms. The molecule has 0 spiro atoms. The van der Waals surface area contributed by atoms with Crippen LogP contribution in [0.5, 0.6) is 0 Å². The highest BCUT2D eigenvalue weighted by atomic mass is 16.1. The Kier molecular flexibility index (Phi) is 9.11. The molecule has 0 atom stereocenters. The Morgan fingerprint density at radius 2 is 1.34 bits per heavy atom. The minimum absolute atomic E-state index is 0.0809. The first-order chi connectivity index (χ1) is 13.8. The Balaban J connectivity index is 1.63. The molecule has 162 valence electrons. The smallest absolute Gasteiger partial charge is 0.135 e.